The van der Waals surface area contributed by atoms with Crippen LogP contribution in [-0.2, 0) is 24.4 Å². The smallest absolute Gasteiger partial charge is 0.252 e. The zero-order valence-electron chi connectivity index (χ0n) is 21.6. The number of aromatic nitrogens is 5. The molecule has 0 saturated carbocycles. The summed E-state index contributed by atoms with van der Waals surface area (Å²) in [4.78, 5) is 18.5. The molecule has 0 bridgehead atoms. The minimum Gasteiger partial charge on any atom is -0.497 e. The summed E-state index contributed by atoms with van der Waals surface area (Å²) in [5.41, 5.74) is 4.92. The van der Waals surface area contributed by atoms with Crippen LogP contribution in [0.5, 0.6) is 5.75 Å². The maximum absolute atomic E-state index is 13.1. The van der Waals surface area contributed by atoms with Gasteiger partial charge in [0.2, 0.25) is 0 Å². The molecule has 4 aromatic rings. The van der Waals surface area contributed by atoms with Gasteiger partial charge in [-0.25, -0.2) is 4.68 Å². The van der Waals surface area contributed by atoms with E-state index in [1.54, 1.807) is 18.9 Å². The summed E-state index contributed by atoms with van der Waals surface area (Å²) >= 11 is 0. The zero-order chi connectivity index (χ0) is 25.7. The number of methoxy groups -OCH3 is 2. The molecule has 9 heteroatoms. The van der Waals surface area contributed by atoms with Crippen molar-refractivity contribution in [3.8, 4) is 5.75 Å². The molecule has 0 spiro atoms. The van der Waals surface area contributed by atoms with E-state index in [1.807, 2.05) is 36.4 Å². The van der Waals surface area contributed by atoms with Crippen molar-refractivity contribution in [2.45, 2.75) is 52.9 Å². The Morgan fingerprint density at radius 1 is 1.06 bits per heavy atom. The largest absolute Gasteiger partial charge is 0.497 e. The molecule has 0 saturated heterocycles. The van der Waals surface area contributed by atoms with Gasteiger partial charge in [-0.2, -0.15) is 0 Å². The number of H-pyrrole nitrogens is 1. The first-order valence-corrected chi connectivity index (χ1v) is 12.2. The van der Waals surface area contributed by atoms with E-state index in [9.17, 15) is 4.79 Å². The molecule has 36 heavy (non-hydrogen) atoms. The molecule has 0 aliphatic heterocycles. The quantitative estimate of drug-likeness (QED) is 0.340. The maximum atomic E-state index is 13.1. The van der Waals surface area contributed by atoms with Crippen LogP contribution in [0.25, 0.3) is 10.9 Å². The fourth-order valence-electron chi connectivity index (χ4n) is 4.49. The summed E-state index contributed by atoms with van der Waals surface area (Å²) in [5.74, 6) is 1.56. The van der Waals surface area contributed by atoms with Crippen molar-refractivity contribution in [2.24, 2.45) is 0 Å². The number of aryl methyl sites for hydroxylation is 2. The summed E-state index contributed by atoms with van der Waals surface area (Å²) in [6, 6.07) is 14.0. The highest BCUT2D eigenvalue weighted by Crippen LogP contribution is 2.27. The van der Waals surface area contributed by atoms with Gasteiger partial charge in [-0.15, -0.1) is 5.10 Å². The van der Waals surface area contributed by atoms with Gasteiger partial charge in [-0.3, -0.25) is 9.69 Å². The van der Waals surface area contributed by atoms with Gasteiger partial charge in [0.1, 0.15) is 5.75 Å². The molecule has 0 aliphatic carbocycles. The lowest BCUT2D eigenvalue weighted by Crippen LogP contribution is -2.32. The SMILES string of the molecule is CC[C@H](c1nnnn1CCOC)N(Cc1ccc(OC)cc1)Cc1cc2cc(C)c(C)cc2[nH]c1=O. The van der Waals surface area contributed by atoms with Gasteiger partial charge in [0.25, 0.3) is 5.56 Å². The molecule has 1 N–H and O–H groups in total. The first-order valence-electron chi connectivity index (χ1n) is 12.2. The monoisotopic (exact) mass is 490 g/mol. The maximum Gasteiger partial charge on any atom is 0.252 e. The van der Waals surface area contributed by atoms with Gasteiger partial charge in [0, 0.05) is 31.3 Å². The van der Waals surface area contributed by atoms with Gasteiger partial charge in [0.05, 0.1) is 26.3 Å². The van der Waals surface area contributed by atoms with Crippen molar-refractivity contribution in [3.05, 3.63) is 80.9 Å². The van der Waals surface area contributed by atoms with Crippen LogP contribution in [0.3, 0.4) is 0 Å². The molecular formula is C27H34N6O3. The van der Waals surface area contributed by atoms with Gasteiger partial charge >= 0.3 is 0 Å². The molecule has 2 aromatic heterocycles. The molecule has 9 nitrogen and oxygen atoms in total. The minimum absolute atomic E-state index is 0.0840. The fourth-order valence-corrected chi connectivity index (χ4v) is 4.49. The van der Waals surface area contributed by atoms with Crippen LogP contribution >= 0.6 is 0 Å². The normalized spacial score (nSPS) is 12.4. The molecular weight excluding hydrogens is 456 g/mol. The summed E-state index contributed by atoms with van der Waals surface area (Å²) in [7, 11) is 3.32. The van der Waals surface area contributed by atoms with E-state index in [0.717, 1.165) is 40.0 Å². The Hall–Kier alpha value is -3.56. The summed E-state index contributed by atoms with van der Waals surface area (Å²) in [6.07, 6.45) is 0.771. The first kappa shape index (κ1) is 25.5. The highest BCUT2D eigenvalue weighted by atomic mass is 16.5. The number of ether oxygens (including phenoxy) is 2. The molecule has 2 heterocycles. The van der Waals surface area contributed by atoms with Crippen molar-refractivity contribution in [2.75, 3.05) is 20.8 Å². The Morgan fingerprint density at radius 2 is 1.81 bits per heavy atom. The van der Waals surface area contributed by atoms with Gasteiger partial charge in [-0.1, -0.05) is 19.1 Å². The van der Waals surface area contributed by atoms with Crippen LogP contribution in [-0.4, -0.2) is 50.9 Å². The van der Waals surface area contributed by atoms with Crippen LogP contribution in [0.4, 0.5) is 0 Å². The summed E-state index contributed by atoms with van der Waals surface area (Å²) in [5, 5.41) is 13.5. The average Bonchev–Trinajstić information content (AvgIpc) is 3.33. The predicted molar refractivity (Wildman–Crippen MR) is 139 cm³/mol. The Morgan fingerprint density at radius 3 is 2.50 bits per heavy atom. The molecule has 0 radical (unpaired) electrons. The van der Waals surface area contributed by atoms with E-state index < -0.39 is 0 Å². The van der Waals surface area contributed by atoms with Gasteiger partial charge < -0.3 is 14.5 Å². The van der Waals surface area contributed by atoms with E-state index in [1.165, 1.54) is 5.56 Å². The molecule has 0 unspecified atom stereocenters. The number of tetrazole rings is 1. The van der Waals surface area contributed by atoms with E-state index >= 15 is 0 Å². The van der Waals surface area contributed by atoms with Crippen LogP contribution in [0, 0.1) is 13.8 Å². The number of hydrogen-bond donors (Lipinski definition) is 1. The second kappa shape index (κ2) is 11.5. The van der Waals surface area contributed by atoms with Crippen molar-refractivity contribution in [3.63, 3.8) is 0 Å². The molecule has 1 atom stereocenters. The lowest BCUT2D eigenvalue weighted by atomic mass is 10.0. The first-order chi connectivity index (χ1) is 17.4. The third-order valence-corrected chi connectivity index (χ3v) is 6.65. The fraction of sp³-hybridized carbons (Fsp3) is 0.407. The van der Waals surface area contributed by atoms with Crippen LogP contribution in [0.15, 0.2) is 47.3 Å². The van der Waals surface area contributed by atoms with E-state index in [4.69, 9.17) is 9.47 Å². The molecule has 190 valence electrons. The van der Waals surface area contributed by atoms with E-state index in [-0.39, 0.29) is 11.6 Å². The molecule has 0 amide bonds. The predicted octanol–water partition coefficient (Wildman–Crippen LogP) is 3.94. The summed E-state index contributed by atoms with van der Waals surface area (Å²) < 4.78 is 12.4. The number of pyridine rings is 1. The highest BCUT2D eigenvalue weighted by molar-refractivity contribution is 5.80. The Balaban J connectivity index is 1.73. The van der Waals surface area contributed by atoms with Crippen molar-refractivity contribution in [1.82, 2.24) is 30.1 Å². The Bertz CT molecular complexity index is 1360. The van der Waals surface area contributed by atoms with Gasteiger partial charge in [0.15, 0.2) is 5.82 Å². The third-order valence-electron chi connectivity index (χ3n) is 6.65. The zero-order valence-corrected chi connectivity index (χ0v) is 21.6. The number of fused-ring (bicyclic) bond motifs is 1. The standard InChI is InChI=1S/C27H34N6O3/c1-6-25(26-29-30-31-33(26)11-12-35-4)32(16-20-7-9-23(36-5)10-8-20)17-22-15-21-13-18(2)19(3)14-24(21)28-27(22)34/h7-10,13-15,25H,6,11-12,16-17H2,1-5H3,(H,28,34)/t25-/m1/s1. The van der Waals surface area contributed by atoms with Crippen molar-refractivity contribution >= 4 is 10.9 Å². The molecule has 0 fully saturated rings. The topological polar surface area (TPSA) is 98.2 Å². The van der Waals surface area contributed by atoms with Crippen molar-refractivity contribution < 1.29 is 9.47 Å². The second-order valence-electron chi connectivity index (χ2n) is 9.08. The number of benzene rings is 2. The molecule has 4 rings (SSSR count). The van der Waals surface area contributed by atoms with Crippen LogP contribution in [0.2, 0.25) is 0 Å². The number of nitrogens with zero attached hydrogens (tertiary/aromatic N) is 5. The number of rotatable bonds is 11. The molecule has 2 aromatic carbocycles. The second-order valence-corrected chi connectivity index (χ2v) is 9.08. The number of aromatic amines is 1. The van der Waals surface area contributed by atoms with Crippen LogP contribution in [0.1, 0.15) is 47.5 Å². The molecule has 0 aliphatic rings. The third kappa shape index (κ3) is 5.63. The Kier molecular flexibility index (Phi) is 8.12. The van der Waals surface area contributed by atoms with Gasteiger partial charge in [-0.05, 0) is 83.1 Å². The minimum atomic E-state index is -0.103. The van der Waals surface area contributed by atoms with Crippen LogP contribution < -0.4 is 10.3 Å². The van der Waals surface area contributed by atoms with E-state index in [2.05, 4.69) is 52.2 Å². The number of nitrogens with one attached hydrogen (secondary N) is 1. The van der Waals surface area contributed by atoms with Crippen molar-refractivity contribution in [1.29, 1.82) is 0 Å². The lowest BCUT2D eigenvalue weighted by Gasteiger charge is -2.30. The highest BCUT2D eigenvalue weighted by Gasteiger charge is 2.26. The van der Waals surface area contributed by atoms with E-state index in [0.29, 0.717) is 31.8 Å². The Labute approximate surface area is 211 Å². The average molecular weight is 491 g/mol. The summed E-state index contributed by atoms with van der Waals surface area (Å²) in [6.45, 7) is 8.37. The number of hydrogen-bond acceptors (Lipinski definition) is 7. The lowest BCUT2D eigenvalue weighted by molar-refractivity contribution is 0.151.